The maximum Gasteiger partial charge on any atom is 0.254 e. The second kappa shape index (κ2) is 9.63. The monoisotopic (exact) mass is 457 g/mol. The SMILES string of the molecule is CCN1CCN(c2c(CN(C(=O)c3ccc(C)cc3)C3CC3)c(C)nn2-c2ccccc2)CC1. The van der Waals surface area contributed by atoms with E-state index in [1.165, 1.54) is 11.1 Å². The van der Waals surface area contributed by atoms with Crippen LogP contribution in [0.1, 0.15) is 46.9 Å². The largest absolute Gasteiger partial charge is 0.354 e. The summed E-state index contributed by atoms with van der Waals surface area (Å²) >= 11 is 0. The first kappa shape index (κ1) is 22.7. The molecule has 0 unspecified atom stereocenters. The smallest absolute Gasteiger partial charge is 0.254 e. The van der Waals surface area contributed by atoms with E-state index in [0.29, 0.717) is 12.6 Å². The summed E-state index contributed by atoms with van der Waals surface area (Å²) in [6.45, 7) is 12.1. The number of likely N-dealkylation sites (N-methyl/N-ethyl adjacent to an activating group) is 1. The molecule has 1 saturated heterocycles. The zero-order valence-corrected chi connectivity index (χ0v) is 20.6. The molecular formula is C28H35N5O. The van der Waals surface area contributed by atoms with Gasteiger partial charge in [0.15, 0.2) is 0 Å². The number of hydrogen-bond acceptors (Lipinski definition) is 4. The van der Waals surface area contributed by atoms with Crippen LogP contribution in [0.25, 0.3) is 5.69 Å². The third kappa shape index (κ3) is 4.60. The van der Waals surface area contributed by atoms with Gasteiger partial charge in [-0.1, -0.05) is 42.8 Å². The lowest BCUT2D eigenvalue weighted by Gasteiger charge is -2.36. The third-order valence-corrected chi connectivity index (χ3v) is 7.15. The van der Waals surface area contributed by atoms with E-state index in [9.17, 15) is 4.79 Å². The highest BCUT2D eigenvalue weighted by Gasteiger charge is 2.35. The maximum absolute atomic E-state index is 13.6. The molecule has 1 aliphatic carbocycles. The molecule has 0 bridgehead atoms. The lowest BCUT2D eigenvalue weighted by Crippen LogP contribution is -2.47. The van der Waals surface area contributed by atoms with Gasteiger partial charge in [-0.2, -0.15) is 5.10 Å². The van der Waals surface area contributed by atoms with Gasteiger partial charge < -0.3 is 14.7 Å². The summed E-state index contributed by atoms with van der Waals surface area (Å²) in [5.74, 6) is 1.26. The highest BCUT2D eigenvalue weighted by Crippen LogP contribution is 2.35. The van der Waals surface area contributed by atoms with Gasteiger partial charge in [0.05, 0.1) is 17.9 Å². The first-order valence-corrected chi connectivity index (χ1v) is 12.5. The number of nitrogens with zero attached hydrogens (tertiary/aromatic N) is 5. The zero-order valence-electron chi connectivity index (χ0n) is 20.6. The number of amides is 1. The first-order valence-electron chi connectivity index (χ1n) is 12.5. The molecule has 2 heterocycles. The number of anilines is 1. The first-order chi connectivity index (χ1) is 16.5. The molecule has 0 radical (unpaired) electrons. The molecule has 1 aliphatic heterocycles. The summed E-state index contributed by atoms with van der Waals surface area (Å²) in [7, 11) is 0. The van der Waals surface area contributed by atoms with Crippen molar-refractivity contribution in [1.82, 2.24) is 19.6 Å². The molecule has 0 N–H and O–H groups in total. The average Bonchev–Trinajstić information content (AvgIpc) is 3.66. The normalized spacial score (nSPS) is 16.6. The van der Waals surface area contributed by atoms with Crippen molar-refractivity contribution >= 4 is 11.7 Å². The van der Waals surface area contributed by atoms with Gasteiger partial charge in [0.1, 0.15) is 5.82 Å². The van der Waals surface area contributed by atoms with E-state index in [1.54, 1.807) is 0 Å². The van der Waals surface area contributed by atoms with Gasteiger partial charge in [-0.3, -0.25) is 4.79 Å². The van der Waals surface area contributed by atoms with Gasteiger partial charge in [0, 0.05) is 43.3 Å². The minimum atomic E-state index is 0.121. The number of carbonyl (C=O) groups is 1. The molecule has 6 nitrogen and oxygen atoms in total. The van der Waals surface area contributed by atoms with E-state index < -0.39 is 0 Å². The molecule has 2 fully saturated rings. The van der Waals surface area contributed by atoms with Crippen molar-refractivity contribution in [3.05, 3.63) is 77.0 Å². The molecule has 2 aromatic carbocycles. The molecule has 178 valence electrons. The lowest BCUT2D eigenvalue weighted by atomic mass is 10.1. The van der Waals surface area contributed by atoms with E-state index in [2.05, 4.69) is 64.4 Å². The van der Waals surface area contributed by atoms with Crippen LogP contribution in [0.3, 0.4) is 0 Å². The van der Waals surface area contributed by atoms with Gasteiger partial charge in [-0.05, 0) is 57.5 Å². The summed E-state index contributed by atoms with van der Waals surface area (Å²) in [6.07, 6.45) is 2.15. The minimum absolute atomic E-state index is 0.121. The Bertz CT molecular complexity index is 1130. The highest BCUT2D eigenvalue weighted by atomic mass is 16.2. The van der Waals surface area contributed by atoms with E-state index >= 15 is 0 Å². The number of para-hydroxylation sites is 1. The van der Waals surface area contributed by atoms with E-state index in [-0.39, 0.29) is 5.91 Å². The third-order valence-electron chi connectivity index (χ3n) is 7.15. The molecule has 3 aromatic rings. The van der Waals surface area contributed by atoms with Crippen molar-refractivity contribution in [3.8, 4) is 5.69 Å². The number of aryl methyl sites for hydroxylation is 2. The number of carbonyl (C=O) groups excluding carboxylic acids is 1. The molecule has 34 heavy (non-hydrogen) atoms. The molecule has 6 heteroatoms. The summed E-state index contributed by atoms with van der Waals surface area (Å²) < 4.78 is 2.09. The standard InChI is InChI=1S/C28H35N5O/c1-4-30-16-18-31(19-17-30)27-26(22(3)29-33(27)25-8-6-5-7-9-25)20-32(24-14-15-24)28(34)23-12-10-21(2)11-13-23/h5-13,24H,4,14-20H2,1-3H3. The fraction of sp³-hybridized carbons (Fsp3) is 0.429. The van der Waals surface area contributed by atoms with Crippen LogP contribution in [-0.4, -0.2) is 64.3 Å². The average molecular weight is 458 g/mol. The molecule has 0 atom stereocenters. The van der Waals surface area contributed by atoms with Crippen LogP contribution in [0, 0.1) is 13.8 Å². The van der Waals surface area contributed by atoms with Crippen molar-refractivity contribution in [2.45, 2.75) is 46.2 Å². The quantitative estimate of drug-likeness (QED) is 0.526. The van der Waals surface area contributed by atoms with Crippen molar-refractivity contribution in [3.63, 3.8) is 0 Å². The van der Waals surface area contributed by atoms with Crippen LogP contribution in [-0.2, 0) is 6.54 Å². The van der Waals surface area contributed by atoms with Crippen LogP contribution in [0.4, 0.5) is 5.82 Å². The Morgan fingerprint density at radius 1 is 0.971 bits per heavy atom. The number of hydrogen-bond donors (Lipinski definition) is 0. The predicted octanol–water partition coefficient (Wildman–Crippen LogP) is 4.44. The van der Waals surface area contributed by atoms with Crippen LogP contribution in [0.2, 0.25) is 0 Å². The lowest BCUT2D eigenvalue weighted by molar-refractivity contribution is 0.0730. The number of aromatic nitrogens is 2. The Hall–Kier alpha value is -3.12. The van der Waals surface area contributed by atoms with Crippen molar-refractivity contribution in [2.75, 3.05) is 37.6 Å². The summed E-state index contributed by atoms with van der Waals surface area (Å²) in [5.41, 5.74) is 5.17. The van der Waals surface area contributed by atoms with Gasteiger partial charge in [-0.25, -0.2) is 4.68 Å². The fourth-order valence-electron chi connectivity index (χ4n) is 4.87. The Morgan fingerprint density at radius 2 is 1.65 bits per heavy atom. The maximum atomic E-state index is 13.6. The second-order valence-corrected chi connectivity index (χ2v) is 9.59. The Balaban J connectivity index is 1.51. The number of rotatable bonds is 7. The molecule has 1 aromatic heterocycles. The predicted molar refractivity (Wildman–Crippen MR) is 137 cm³/mol. The van der Waals surface area contributed by atoms with E-state index in [1.807, 2.05) is 30.3 Å². The van der Waals surface area contributed by atoms with Gasteiger partial charge in [0.2, 0.25) is 0 Å². The minimum Gasteiger partial charge on any atom is -0.354 e. The Labute approximate surface area is 202 Å². The van der Waals surface area contributed by atoms with Gasteiger partial charge >= 0.3 is 0 Å². The molecule has 0 spiro atoms. The van der Waals surface area contributed by atoms with Crippen LogP contribution in [0.5, 0.6) is 0 Å². The summed E-state index contributed by atoms with van der Waals surface area (Å²) in [5, 5.41) is 5.00. The molecular weight excluding hydrogens is 422 g/mol. The number of benzene rings is 2. The summed E-state index contributed by atoms with van der Waals surface area (Å²) in [4.78, 5) is 20.6. The zero-order chi connectivity index (χ0) is 23.7. The van der Waals surface area contributed by atoms with Crippen molar-refractivity contribution in [1.29, 1.82) is 0 Å². The van der Waals surface area contributed by atoms with Crippen LogP contribution in [0.15, 0.2) is 54.6 Å². The van der Waals surface area contributed by atoms with Crippen molar-refractivity contribution < 1.29 is 4.79 Å². The van der Waals surface area contributed by atoms with Gasteiger partial charge in [-0.15, -0.1) is 0 Å². The Kier molecular flexibility index (Phi) is 6.42. The fourth-order valence-corrected chi connectivity index (χ4v) is 4.87. The topological polar surface area (TPSA) is 44.6 Å². The molecule has 2 aliphatic rings. The van der Waals surface area contributed by atoms with E-state index in [0.717, 1.165) is 68.3 Å². The van der Waals surface area contributed by atoms with Crippen molar-refractivity contribution in [2.24, 2.45) is 0 Å². The van der Waals surface area contributed by atoms with Crippen LogP contribution < -0.4 is 4.90 Å². The highest BCUT2D eigenvalue weighted by molar-refractivity contribution is 5.94. The van der Waals surface area contributed by atoms with E-state index in [4.69, 9.17) is 5.10 Å². The Morgan fingerprint density at radius 3 is 2.26 bits per heavy atom. The molecule has 5 rings (SSSR count). The molecule has 1 amide bonds. The molecule has 1 saturated carbocycles. The summed E-state index contributed by atoms with van der Waals surface area (Å²) in [6, 6.07) is 18.6. The van der Waals surface area contributed by atoms with Crippen LogP contribution >= 0.6 is 0 Å². The van der Waals surface area contributed by atoms with Gasteiger partial charge in [0.25, 0.3) is 5.91 Å². The second-order valence-electron chi connectivity index (χ2n) is 9.59. The number of piperazine rings is 1.